The summed E-state index contributed by atoms with van der Waals surface area (Å²) in [7, 11) is 1.59. The number of carboxylic acids is 1. The van der Waals surface area contributed by atoms with Crippen molar-refractivity contribution in [1.82, 2.24) is 20.4 Å². The highest BCUT2D eigenvalue weighted by atomic mass is 19.1. The van der Waals surface area contributed by atoms with Crippen molar-refractivity contribution in [3.05, 3.63) is 105 Å². The topological polar surface area (TPSA) is 119 Å². The van der Waals surface area contributed by atoms with Gasteiger partial charge < -0.3 is 25.5 Å². The van der Waals surface area contributed by atoms with Gasteiger partial charge in [0.05, 0.1) is 6.54 Å². The van der Waals surface area contributed by atoms with Crippen LogP contribution in [0.3, 0.4) is 0 Å². The van der Waals surface area contributed by atoms with Gasteiger partial charge in [-0.2, -0.15) is 0 Å². The monoisotopic (exact) mass is 560 g/mol. The minimum Gasteiger partial charge on any atom is -0.480 e. The van der Waals surface area contributed by atoms with Gasteiger partial charge in [0.25, 0.3) is 11.8 Å². The van der Waals surface area contributed by atoms with Crippen LogP contribution in [0.25, 0.3) is 0 Å². The van der Waals surface area contributed by atoms with Gasteiger partial charge in [-0.25, -0.2) is 14.0 Å². The number of nitrogens with zero attached hydrogens (tertiary/aromatic N) is 2. The van der Waals surface area contributed by atoms with Crippen LogP contribution in [-0.4, -0.2) is 64.9 Å². The zero-order chi connectivity index (χ0) is 29.7. The van der Waals surface area contributed by atoms with Crippen LogP contribution in [0.4, 0.5) is 9.18 Å². The van der Waals surface area contributed by atoms with Crippen LogP contribution in [0.2, 0.25) is 0 Å². The van der Waals surface area contributed by atoms with Crippen molar-refractivity contribution in [2.45, 2.75) is 39.4 Å². The van der Waals surface area contributed by atoms with Gasteiger partial charge >= 0.3 is 12.0 Å². The van der Waals surface area contributed by atoms with E-state index in [-0.39, 0.29) is 24.8 Å². The summed E-state index contributed by atoms with van der Waals surface area (Å²) in [5, 5.41) is 14.8. The van der Waals surface area contributed by atoms with E-state index < -0.39 is 23.9 Å². The number of carbonyl (C=O) groups is 4. The number of aryl methyl sites for hydroxylation is 1. The van der Waals surface area contributed by atoms with Crippen molar-refractivity contribution < 1.29 is 28.7 Å². The van der Waals surface area contributed by atoms with E-state index in [1.807, 2.05) is 30.3 Å². The number of benzene rings is 3. The molecule has 4 rings (SSSR count). The molecule has 0 unspecified atom stereocenters. The lowest BCUT2D eigenvalue weighted by Crippen LogP contribution is -2.50. The Bertz CT molecular complexity index is 1480. The number of hydrogen-bond acceptors (Lipinski definition) is 4. The van der Waals surface area contributed by atoms with Crippen molar-refractivity contribution in [2.75, 3.05) is 20.1 Å². The fourth-order valence-corrected chi connectivity index (χ4v) is 5.10. The molecule has 9 nitrogen and oxygen atoms in total. The number of fused-ring (bicyclic) bond motifs is 1. The van der Waals surface area contributed by atoms with Crippen LogP contribution in [-0.2, 0) is 24.3 Å². The average Bonchev–Trinajstić information content (AvgIpc) is 2.93. The summed E-state index contributed by atoms with van der Waals surface area (Å²) in [5.74, 6) is -2.47. The maximum absolute atomic E-state index is 13.6. The number of aliphatic carboxylic acids is 1. The van der Waals surface area contributed by atoms with E-state index in [9.17, 15) is 28.7 Å². The minimum atomic E-state index is -1.37. The predicted molar refractivity (Wildman–Crippen MR) is 151 cm³/mol. The van der Waals surface area contributed by atoms with E-state index in [1.165, 1.54) is 17.0 Å². The molecule has 10 heteroatoms. The summed E-state index contributed by atoms with van der Waals surface area (Å²) in [6.07, 6.45) is 0.495. The zero-order valence-electron chi connectivity index (χ0n) is 23.2. The molecule has 1 atom stereocenters. The fraction of sp³-hybridized carbons (Fsp3) is 0.290. The maximum atomic E-state index is 13.6. The third kappa shape index (κ3) is 6.89. The Hall–Kier alpha value is -4.73. The second kappa shape index (κ2) is 12.6. The number of rotatable bonds is 9. The number of carboxylic acid groups (broad SMARTS) is 1. The molecule has 0 aliphatic carbocycles. The predicted octanol–water partition coefficient (Wildman–Crippen LogP) is 3.67. The van der Waals surface area contributed by atoms with Gasteiger partial charge in [0.2, 0.25) is 0 Å². The second-order valence-corrected chi connectivity index (χ2v) is 10.2. The third-order valence-electron chi connectivity index (χ3n) is 7.22. The molecule has 1 heterocycles. The lowest BCUT2D eigenvalue weighted by Gasteiger charge is -2.31. The number of hydrogen-bond donors (Lipinski definition) is 3. The van der Waals surface area contributed by atoms with Crippen molar-refractivity contribution in [1.29, 1.82) is 0 Å². The van der Waals surface area contributed by atoms with Crippen LogP contribution < -0.4 is 10.6 Å². The molecule has 3 aromatic carbocycles. The van der Waals surface area contributed by atoms with Gasteiger partial charge in [-0.1, -0.05) is 42.5 Å². The highest BCUT2D eigenvalue weighted by molar-refractivity contribution is 6.03. The smallest absolute Gasteiger partial charge is 0.328 e. The van der Waals surface area contributed by atoms with E-state index >= 15 is 0 Å². The molecule has 0 saturated heterocycles. The number of nitrogens with one attached hydrogen (secondary N) is 2. The first-order valence-electron chi connectivity index (χ1n) is 13.3. The van der Waals surface area contributed by atoms with Crippen molar-refractivity contribution in [3.63, 3.8) is 0 Å². The Balaban J connectivity index is 1.44. The van der Waals surface area contributed by atoms with Crippen LogP contribution in [0.15, 0.2) is 60.7 Å². The first kappa shape index (κ1) is 29.3. The molecule has 0 radical (unpaired) electrons. The summed E-state index contributed by atoms with van der Waals surface area (Å²) in [6, 6.07) is 15.3. The van der Waals surface area contributed by atoms with Gasteiger partial charge in [0.1, 0.15) is 11.9 Å². The van der Waals surface area contributed by atoms with Crippen LogP contribution in [0, 0.1) is 19.7 Å². The lowest BCUT2D eigenvalue weighted by molar-refractivity contribution is -0.139. The Morgan fingerprint density at radius 3 is 2.44 bits per heavy atom. The van der Waals surface area contributed by atoms with E-state index in [2.05, 4.69) is 10.6 Å². The maximum Gasteiger partial charge on any atom is 0.328 e. The number of carbonyl (C=O) groups excluding carboxylic acids is 3. The molecular weight excluding hydrogens is 527 g/mol. The molecule has 3 aromatic rings. The number of urea groups is 1. The molecular formula is C31H33FN4O5. The quantitative estimate of drug-likeness (QED) is 0.369. The molecule has 0 aromatic heterocycles. The Labute approximate surface area is 238 Å². The highest BCUT2D eigenvalue weighted by Gasteiger charge is 2.30. The summed E-state index contributed by atoms with van der Waals surface area (Å²) < 4.78 is 13.6. The molecule has 0 spiro atoms. The van der Waals surface area contributed by atoms with E-state index in [0.29, 0.717) is 47.3 Å². The molecule has 0 saturated carbocycles. The van der Waals surface area contributed by atoms with Gasteiger partial charge in [-0.3, -0.25) is 9.59 Å². The largest absolute Gasteiger partial charge is 0.480 e. The first-order valence-corrected chi connectivity index (χ1v) is 13.3. The Morgan fingerprint density at radius 2 is 1.76 bits per heavy atom. The zero-order valence-corrected chi connectivity index (χ0v) is 23.2. The van der Waals surface area contributed by atoms with Crippen molar-refractivity contribution in [2.24, 2.45) is 0 Å². The lowest BCUT2D eigenvalue weighted by atomic mass is 9.87. The van der Waals surface area contributed by atoms with Crippen molar-refractivity contribution in [3.8, 4) is 0 Å². The molecule has 0 bridgehead atoms. The summed E-state index contributed by atoms with van der Waals surface area (Å²) in [6.45, 7) is 4.12. The SMILES string of the molecule is Cc1cc2c(c(C)c1C(=O)N[C@@H](CNC(=O)N(C)Cc1ccccc1)C(=O)O)CCN(Cc1cccc(F)c1)C2=O. The van der Waals surface area contributed by atoms with E-state index in [4.69, 9.17) is 0 Å². The van der Waals surface area contributed by atoms with Gasteiger partial charge in [-0.15, -0.1) is 0 Å². The van der Waals surface area contributed by atoms with Gasteiger partial charge in [0.15, 0.2) is 0 Å². The highest BCUT2D eigenvalue weighted by Crippen LogP contribution is 2.28. The molecule has 1 aliphatic heterocycles. The first-order chi connectivity index (χ1) is 19.5. The number of halogens is 1. The van der Waals surface area contributed by atoms with Gasteiger partial charge in [0, 0.05) is 37.8 Å². The van der Waals surface area contributed by atoms with Gasteiger partial charge in [-0.05, 0) is 66.3 Å². The Kier molecular flexibility index (Phi) is 9.01. The summed E-state index contributed by atoms with van der Waals surface area (Å²) in [4.78, 5) is 54.1. The van der Waals surface area contributed by atoms with Crippen molar-refractivity contribution >= 4 is 23.8 Å². The summed E-state index contributed by atoms with van der Waals surface area (Å²) in [5.41, 5.74) is 4.23. The number of amides is 4. The standard InChI is InChI=1S/C31H33FN4O5/c1-19-14-25-24(12-13-36(29(25)38)18-22-10-7-11-23(32)15-22)20(2)27(19)28(37)34-26(30(39)40)16-33-31(41)35(3)17-21-8-5-4-6-9-21/h4-11,14-15,26H,12-13,16-18H2,1-3H3,(H,33,41)(H,34,37)(H,39,40)/t26-/m0/s1. The molecule has 41 heavy (non-hydrogen) atoms. The van der Waals surface area contributed by atoms with Crippen LogP contribution in [0.1, 0.15) is 48.5 Å². The normalized spacial score (nSPS) is 13.3. The second-order valence-electron chi connectivity index (χ2n) is 10.2. The molecule has 1 aliphatic rings. The van der Waals surface area contributed by atoms with E-state index in [0.717, 1.165) is 11.1 Å². The fourth-order valence-electron chi connectivity index (χ4n) is 5.10. The molecule has 3 N–H and O–H groups in total. The minimum absolute atomic E-state index is 0.209. The van der Waals surface area contributed by atoms with Crippen LogP contribution in [0.5, 0.6) is 0 Å². The Morgan fingerprint density at radius 1 is 1.05 bits per heavy atom. The molecule has 4 amide bonds. The van der Waals surface area contributed by atoms with Crippen LogP contribution >= 0.6 is 0 Å². The van der Waals surface area contributed by atoms with E-state index in [1.54, 1.807) is 44.0 Å². The molecule has 214 valence electrons. The third-order valence-corrected chi connectivity index (χ3v) is 7.22. The average molecular weight is 561 g/mol. The summed E-state index contributed by atoms with van der Waals surface area (Å²) >= 11 is 0. The molecule has 0 fully saturated rings.